The van der Waals surface area contributed by atoms with E-state index in [1.807, 2.05) is 20.8 Å². The molecule has 8 heteroatoms. The number of amides is 1. The third kappa shape index (κ3) is 5.25. The molecule has 2 N–H and O–H groups in total. The summed E-state index contributed by atoms with van der Waals surface area (Å²) in [6.45, 7) is 7.44. The number of carbonyl (C=O) groups excluding carboxylic acids is 1. The average molecular weight is 389 g/mol. The van der Waals surface area contributed by atoms with Gasteiger partial charge in [0.15, 0.2) is 5.69 Å². The number of carbonyl (C=O) groups is 2. The van der Waals surface area contributed by atoms with E-state index in [0.29, 0.717) is 12.1 Å². The molecule has 0 bridgehead atoms. The van der Waals surface area contributed by atoms with Gasteiger partial charge in [-0.25, -0.2) is 13.9 Å². The molecule has 2 aromatic rings. The van der Waals surface area contributed by atoms with Crippen molar-refractivity contribution in [2.75, 3.05) is 0 Å². The molecular formula is C20H24FN3O4. The zero-order valence-electron chi connectivity index (χ0n) is 16.3. The number of nitrogens with zero attached hydrogens (tertiary/aromatic N) is 2. The van der Waals surface area contributed by atoms with Gasteiger partial charge in [-0.3, -0.25) is 9.59 Å². The van der Waals surface area contributed by atoms with Crippen LogP contribution in [-0.2, 0) is 4.79 Å². The van der Waals surface area contributed by atoms with E-state index in [0.717, 1.165) is 4.68 Å². The molecule has 150 valence electrons. The Labute approximate surface area is 162 Å². The summed E-state index contributed by atoms with van der Waals surface area (Å²) < 4.78 is 15.2. The van der Waals surface area contributed by atoms with Gasteiger partial charge >= 0.3 is 5.97 Å². The number of benzene rings is 1. The van der Waals surface area contributed by atoms with Gasteiger partial charge in [0, 0.05) is 11.8 Å². The van der Waals surface area contributed by atoms with Crippen LogP contribution in [0.4, 0.5) is 4.39 Å². The fourth-order valence-corrected chi connectivity index (χ4v) is 2.63. The molecule has 28 heavy (non-hydrogen) atoms. The highest BCUT2D eigenvalue weighted by Crippen LogP contribution is 2.21. The van der Waals surface area contributed by atoms with E-state index in [4.69, 9.17) is 0 Å². The van der Waals surface area contributed by atoms with Gasteiger partial charge in [0.25, 0.3) is 5.91 Å². The van der Waals surface area contributed by atoms with Gasteiger partial charge in [0.05, 0.1) is 0 Å². The van der Waals surface area contributed by atoms with Gasteiger partial charge in [-0.2, -0.15) is 5.10 Å². The fourth-order valence-electron chi connectivity index (χ4n) is 2.63. The average Bonchev–Trinajstić information content (AvgIpc) is 2.58. The Bertz CT molecular complexity index is 947. The van der Waals surface area contributed by atoms with Crippen molar-refractivity contribution in [2.24, 2.45) is 5.41 Å². The summed E-state index contributed by atoms with van der Waals surface area (Å²) in [5.74, 6) is -2.67. The van der Waals surface area contributed by atoms with E-state index >= 15 is 0 Å². The number of rotatable bonds is 6. The number of para-hydroxylation sites is 1. The summed E-state index contributed by atoms with van der Waals surface area (Å²) in [6.07, 6.45) is 0.767. The zero-order valence-corrected chi connectivity index (χ0v) is 16.3. The molecule has 1 aromatic carbocycles. The maximum atomic E-state index is 14.1. The minimum atomic E-state index is -1.20. The smallest absolute Gasteiger partial charge is 0.326 e. The van der Waals surface area contributed by atoms with Crippen molar-refractivity contribution in [2.45, 2.75) is 46.6 Å². The number of aliphatic carboxylic acids is 1. The van der Waals surface area contributed by atoms with Crippen molar-refractivity contribution in [3.05, 3.63) is 57.8 Å². The van der Waals surface area contributed by atoms with Crippen LogP contribution in [-0.4, -0.2) is 32.8 Å². The van der Waals surface area contributed by atoms with Crippen molar-refractivity contribution in [1.82, 2.24) is 15.1 Å². The van der Waals surface area contributed by atoms with Crippen LogP contribution in [0.15, 0.2) is 35.1 Å². The molecule has 1 unspecified atom stereocenters. The zero-order chi connectivity index (χ0) is 21.1. The second-order valence-corrected chi connectivity index (χ2v) is 7.83. The van der Waals surface area contributed by atoms with Crippen molar-refractivity contribution in [3.8, 4) is 5.69 Å². The molecule has 0 fully saturated rings. The van der Waals surface area contributed by atoms with Crippen molar-refractivity contribution in [1.29, 1.82) is 0 Å². The van der Waals surface area contributed by atoms with Crippen LogP contribution in [0.5, 0.6) is 0 Å². The van der Waals surface area contributed by atoms with Gasteiger partial charge in [-0.15, -0.1) is 0 Å². The predicted octanol–water partition coefficient (Wildman–Crippen LogP) is 2.69. The molecule has 0 aliphatic heterocycles. The lowest BCUT2D eigenvalue weighted by Gasteiger charge is -2.21. The number of aryl methyl sites for hydroxylation is 1. The lowest BCUT2D eigenvalue weighted by atomic mass is 9.88. The molecule has 0 spiro atoms. The highest BCUT2D eigenvalue weighted by atomic mass is 19.1. The lowest BCUT2D eigenvalue weighted by Crippen LogP contribution is -2.43. The Kier molecular flexibility index (Phi) is 6.33. The van der Waals surface area contributed by atoms with E-state index in [2.05, 4.69) is 10.4 Å². The number of nitrogens with one attached hydrogen (secondary N) is 1. The highest BCUT2D eigenvalue weighted by molar-refractivity contribution is 5.94. The van der Waals surface area contributed by atoms with Crippen molar-refractivity contribution >= 4 is 11.9 Å². The molecule has 1 atom stereocenters. The normalized spacial score (nSPS) is 12.5. The minimum Gasteiger partial charge on any atom is -0.480 e. The van der Waals surface area contributed by atoms with Gasteiger partial charge in [-0.1, -0.05) is 32.9 Å². The second-order valence-electron chi connectivity index (χ2n) is 7.83. The van der Waals surface area contributed by atoms with Crippen molar-refractivity contribution < 1.29 is 19.1 Å². The fraction of sp³-hybridized carbons (Fsp3) is 0.400. The number of hydrogen-bond acceptors (Lipinski definition) is 4. The SMILES string of the molecule is Cc1cc(=O)c(C(=O)NC(CCC(C)(C)C)C(=O)O)nn1-c1ccccc1F. The first-order valence-electron chi connectivity index (χ1n) is 8.89. The molecule has 1 amide bonds. The highest BCUT2D eigenvalue weighted by Gasteiger charge is 2.25. The lowest BCUT2D eigenvalue weighted by molar-refractivity contribution is -0.139. The number of aromatic nitrogens is 2. The van der Waals surface area contributed by atoms with Crippen LogP contribution in [0, 0.1) is 18.2 Å². The van der Waals surface area contributed by atoms with Crippen molar-refractivity contribution in [3.63, 3.8) is 0 Å². The van der Waals surface area contributed by atoms with E-state index in [1.54, 1.807) is 13.0 Å². The largest absolute Gasteiger partial charge is 0.480 e. The minimum absolute atomic E-state index is 0.0802. The van der Waals surface area contributed by atoms with Crippen LogP contribution >= 0.6 is 0 Å². The Morgan fingerprint density at radius 2 is 1.93 bits per heavy atom. The first kappa shape index (κ1) is 21.3. The van der Waals surface area contributed by atoms with Gasteiger partial charge in [0.2, 0.25) is 5.43 Å². The number of halogens is 1. The van der Waals surface area contributed by atoms with Crippen LogP contribution < -0.4 is 10.7 Å². The molecule has 0 aliphatic carbocycles. The Balaban J connectivity index is 2.34. The van der Waals surface area contributed by atoms with Gasteiger partial charge in [0.1, 0.15) is 17.5 Å². The number of carboxylic acid groups (broad SMARTS) is 1. The van der Waals surface area contributed by atoms with E-state index in [1.165, 1.54) is 24.3 Å². The summed E-state index contributed by atoms with van der Waals surface area (Å²) in [4.78, 5) is 36.3. The monoisotopic (exact) mass is 389 g/mol. The first-order valence-corrected chi connectivity index (χ1v) is 8.89. The van der Waals surface area contributed by atoms with Gasteiger partial charge < -0.3 is 10.4 Å². The molecular weight excluding hydrogens is 365 g/mol. The second kappa shape index (κ2) is 8.33. The summed E-state index contributed by atoms with van der Waals surface area (Å²) in [5, 5.41) is 15.7. The topological polar surface area (TPSA) is 101 Å². The van der Waals surface area contributed by atoms with E-state index < -0.39 is 34.9 Å². The van der Waals surface area contributed by atoms with E-state index in [9.17, 15) is 23.9 Å². The quantitative estimate of drug-likeness (QED) is 0.791. The third-order valence-corrected chi connectivity index (χ3v) is 4.19. The molecule has 0 saturated heterocycles. The maximum Gasteiger partial charge on any atom is 0.326 e. The molecule has 0 radical (unpaired) electrons. The summed E-state index contributed by atoms with van der Waals surface area (Å²) >= 11 is 0. The Morgan fingerprint density at radius 1 is 1.29 bits per heavy atom. The van der Waals surface area contributed by atoms with Crippen LogP contribution in [0.2, 0.25) is 0 Å². The number of hydrogen-bond donors (Lipinski definition) is 2. The third-order valence-electron chi connectivity index (χ3n) is 4.19. The Morgan fingerprint density at radius 3 is 2.50 bits per heavy atom. The summed E-state index contributed by atoms with van der Waals surface area (Å²) in [6, 6.07) is 5.82. The molecule has 0 saturated carbocycles. The predicted molar refractivity (Wildman–Crippen MR) is 102 cm³/mol. The molecule has 1 heterocycles. The molecule has 7 nitrogen and oxygen atoms in total. The van der Waals surface area contributed by atoms with Crippen LogP contribution in [0.25, 0.3) is 5.69 Å². The van der Waals surface area contributed by atoms with Crippen LogP contribution in [0.3, 0.4) is 0 Å². The molecule has 1 aromatic heterocycles. The standard InChI is InChI=1S/C20H24FN3O4/c1-12-11-16(25)17(23-24(12)15-8-6-5-7-13(15)21)18(26)22-14(19(27)28)9-10-20(2,3)4/h5-8,11,14H,9-10H2,1-4H3,(H,22,26)(H,27,28). The summed E-state index contributed by atoms with van der Waals surface area (Å²) in [7, 11) is 0. The molecule has 2 rings (SSSR count). The maximum absolute atomic E-state index is 14.1. The number of carboxylic acids is 1. The van der Waals surface area contributed by atoms with E-state index in [-0.39, 0.29) is 17.5 Å². The van der Waals surface area contributed by atoms with Crippen LogP contribution in [0.1, 0.15) is 49.8 Å². The first-order chi connectivity index (χ1) is 13.0. The Hall–Kier alpha value is -3.03. The molecule has 0 aliphatic rings. The van der Waals surface area contributed by atoms with Gasteiger partial charge in [-0.05, 0) is 37.3 Å². The summed E-state index contributed by atoms with van der Waals surface area (Å²) in [5.41, 5.74) is -0.845.